The number of amides is 2. The van der Waals surface area contributed by atoms with Gasteiger partial charge in [0.2, 0.25) is 11.8 Å². The molecule has 0 radical (unpaired) electrons. The quantitative estimate of drug-likeness (QED) is 0.626. The highest BCUT2D eigenvalue weighted by Gasteiger charge is 2.30. The van der Waals surface area contributed by atoms with Crippen molar-refractivity contribution in [3.63, 3.8) is 0 Å². The Morgan fingerprint density at radius 3 is 2.13 bits per heavy atom. The highest BCUT2D eigenvalue weighted by Crippen LogP contribution is 2.29. The second-order valence-corrected chi connectivity index (χ2v) is 7.15. The number of fused-ring (bicyclic) bond motifs is 2. The first kappa shape index (κ1) is 21.4. The molecule has 3 rings (SSSR count). The smallest absolute Gasteiger partial charge is 0.241 e. The van der Waals surface area contributed by atoms with Crippen LogP contribution in [0, 0.1) is 0 Å². The Hall–Kier alpha value is -3.32. The fourth-order valence-electron chi connectivity index (χ4n) is 3.55. The van der Waals surface area contributed by atoms with Gasteiger partial charge in [-0.1, -0.05) is 31.2 Å². The Kier molecular flexibility index (Phi) is 6.42. The molecule has 0 saturated carbocycles. The van der Waals surface area contributed by atoms with E-state index in [-0.39, 0.29) is 35.5 Å². The van der Waals surface area contributed by atoms with E-state index in [4.69, 9.17) is 0 Å². The first-order valence-electron chi connectivity index (χ1n) is 10.0. The third-order valence-corrected chi connectivity index (χ3v) is 5.25. The molecule has 0 saturated heterocycles. The van der Waals surface area contributed by atoms with Crippen LogP contribution in [0.2, 0.25) is 0 Å². The van der Waals surface area contributed by atoms with Crippen LogP contribution in [0.15, 0.2) is 42.5 Å². The fourth-order valence-corrected chi connectivity index (χ4v) is 3.55. The molecule has 0 unspecified atom stereocenters. The third kappa shape index (κ3) is 4.16. The van der Waals surface area contributed by atoms with Gasteiger partial charge in [0.25, 0.3) is 0 Å². The summed E-state index contributed by atoms with van der Waals surface area (Å²) in [6, 6.07) is 10.9. The lowest BCUT2D eigenvalue weighted by atomic mass is 9.84. The number of rotatable bonds is 7. The molecule has 7 nitrogen and oxygen atoms in total. The molecule has 2 aromatic carbocycles. The molecule has 1 aliphatic carbocycles. The van der Waals surface area contributed by atoms with Crippen LogP contribution in [0.1, 0.15) is 52.6 Å². The number of carbonyl (C=O) groups is 4. The number of hydrogen-bond acceptors (Lipinski definition) is 5. The standard InChI is InChI=1S/C23H25N3O4/c1-4-24-20(27)13-26(5-2)14(3)23(30)25-15-10-11-18-19(12-15)22(29)17-9-7-6-8-16(17)21(18)28/h6-12,14H,4-5,13H2,1-3H3,(H,24,27)(H,25,30)/t14-/m1/s1. The zero-order chi connectivity index (χ0) is 21.8. The van der Waals surface area contributed by atoms with Gasteiger partial charge < -0.3 is 10.6 Å². The first-order chi connectivity index (χ1) is 14.4. The lowest BCUT2D eigenvalue weighted by Crippen LogP contribution is -2.46. The monoisotopic (exact) mass is 407 g/mol. The lowest BCUT2D eigenvalue weighted by molar-refractivity contribution is -0.125. The van der Waals surface area contributed by atoms with Crippen molar-refractivity contribution < 1.29 is 19.2 Å². The van der Waals surface area contributed by atoms with E-state index in [1.165, 1.54) is 6.07 Å². The molecule has 2 amide bonds. The minimum atomic E-state index is -0.549. The molecular weight excluding hydrogens is 382 g/mol. The fraction of sp³-hybridized carbons (Fsp3) is 0.304. The summed E-state index contributed by atoms with van der Waals surface area (Å²) in [7, 11) is 0. The van der Waals surface area contributed by atoms with E-state index in [0.29, 0.717) is 35.5 Å². The Bertz CT molecular complexity index is 1020. The summed E-state index contributed by atoms with van der Waals surface area (Å²) in [5, 5.41) is 5.52. The van der Waals surface area contributed by atoms with E-state index in [9.17, 15) is 19.2 Å². The van der Waals surface area contributed by atoms with Gasteiger partial charge in [0.15, 0.2) is 11.6 Å². The number of benzene rings is 2. The van der Waals surface area contributed by atoms with Gasteiger partial charge in [0.1, 0.15) is 0 Å². The van der Waals surface area contributed by atoms with Crippen LogP contribution in [0.25, 0.3) is 0 Å². The van der Waals surface area contributed by atoms with Crippen LogP contribution in [0.5, 0.6) is 0 Å². The maximum atomic E-state index is 12.8. The Morgan fingerprint density at radius 2 is 1.53 bits per heavy atom. The maximum Gasteiger partial charge on any atom is 0.241 e. The predicted molar refractivity (Wildman–Crippen MR) is 114 cm³/mol. The minimum Gasteiger partial charge on any atom is -0.355 e. The van der Waals surface area contributed by atoms with Crippen molar-refractivity contribution >= 4 is 29.1 Å². The topological polar surface area (TPSA) is 95.6 Å². The van der Waals surface area contributed by atoms with E-state index in [1.807, 2.05) is 13.8 Å². The molecule has 1 atom stereocenters. The molecule has 30 heavy (non-hydrogen) atoms. The summed E-state index contributed by atoms with van der Waals surface area (Å²) in [5.41, 5.74) is 1.80. The van der Waals surface area contributed by atoms with Crippen LogP contribution in [0.3, 0.4) is 0 Å². The van der Waals surface area contributed by atoms with E-state index in [0.717, 1.165) is 0 Å². The summed E-state index contributed by atoms with van der Waals surface area (Å²) in [5.74, 6) is -0.882. The van der Waals surface area contributed by atoms with Crippen molar-refractivity contribution in [3.8, 4) is 0 Å². The van der Waals surface area contributed by atoms with Crippen LogP contribution < -0.4 is 10.6 Å². The molecule has 0 spiro atoms. The summed E-state index contributed by atoms with van der Waals surface area (Å²) in [6.45, 7) is 6.62. The van der Waals surface area contributed by atoms with E-state index in [2.05, 4.69) is 10.6 Å². The summed E-state index contributed by atoms with van der Waals surface area (Å²) >= 11 is 0. The molecule has 156 valence electrons. The van der Waals surface area contributed by atoms with Crippen LogP contribution in [0.4, 0.5) is 5.69 Å². The van der Waals surface area contributed by atoms with Crippen LogP contribution in [-0.2, 0) is 9.59 Å². The summed E-state index contributed by atoms with van der Waals surface area (Å²) in [6.07, 6.45) is 0. The zero-order valence-electron chi connectivity index (χ0n) is 17.3. The zero-order valence-corrected chi connectivity index (χ0v) is 17.3. The van der Waals surface area contributed by atoms with Gasteiger partial charge in [-0.3, -0.25) is 24.1 Å². The number of ketones is 2. The summed E-state index contributed by atoms with van der Waals surface area (Å²) in [4.78, 5) is 51.9. The van der Waals surface area contributed by atoms with Gasteiger partial charge in [0, 0.05) is 34.5 Å². The lowest BCUT2D eigenvalue weighted by Gasteiger charge is -2.26. The SMILES string of the molecule is CCNC(=O)CN(CC)[C@H](C)C(=O)Nc1ccc2c(c1)C(=O)c1ccccc1C2=O. The van der Waals surface area contributed by atoms with E-state index < -0.39 is 6.04 Å². The molecule has 1 aliphatic rings. The molecule has 0 heterocycles. The van der Waals surface area contributed by atoms with Crippen molar-refractivity contribution in [3.05, 3.63) is 64.7 Å². The summed E-state index contributed by atoms with van der Waals surface area (Å²) < 4.78 is 0. The molecule has 2 aromatic rings. The van der Waals surface area contributed by atoms with Crippen molar-refractivity contribution in [1.82, 2.24) is 10.2 Å². The van der Waals surface area contributed by atoms with Gasteiger partial charge in [0.05, 0.1) is 12.6 Å². The van der Waals surface area contributed by atoms with Crippen molar-refractivity contribution in [2.45, 2.75) is 26.8 Å². The Morgan fingerprint density at radius 1 is 0.933 bits per heavy atom. The molecule has 2 N–H and O–H groups in total. The third-order valence-electron chi connectivity index (χ3n) is 5.25. The van der Waals surface area contributed by atoms with Crippen molar-refractivity contribution in [2.24, 2.45) is 0 Å². The minimum absolute atomic E-state index is 0.118. The number of anilines is 1. The second-order valence-electron chi connectivity index (χ2n) is 7.15. The average Bonchev–Trinajstić information content (AvgIpc) is 2.75. The highest BCUT2D eigenvalue weighted by molar-refractivity contribution is 6.28. The Balaban J connectivity index is 1.78. The van der Waals surface area contributed by atoms with Gasteiger partial charge in [-0.05, 0) is 38.6 Å². The number of nitrogens with one attached hydrogen (secondary N) is 2. The van der Waals surface area contributed by atoms with E-state index >= 15 is 0 Å². The average molecular weight is 407 g/mol. The van der Waals surface area contributed by atoms with Crippen LogP contribution >= 0.6 is 0 Å². The molecule has 7 heteroatoms. The number of carbonyl (C=O) groups excluding carboxylic acids is 4. The molecule has 0 fully saturated rings. The molecular formula is C23H25N3O4. The van der Waals surface area contributed by atoms with Crippen molar-refractivity contribution in [2.75, 3.05) is 25.0 Å². The van der Waals surface area contributed by atoms with Gasteiger partial charge in [-0.2, -0.15) is 0 Å². The van der Waals surface area contributed by atoms with Gasteiger partial charge in [-0.15, -0.1) is 0 Å². The second kappa shape index (κ2) is 9.00. The number of hydrogen-bond donors (Lipinski definition) is 2. The van der Waals surface area contributed by atoms with Crippen LogP contribution in [-0.4, -0.2) is 54.0 Å². The number of nitrogens with zero attached hydrogens (tertiary/aromatic N) is 1. The van der Waals surface area contributed by atoms with Crippen molar-refractivity contribution in [1.29, 1.82) is 0 Å². The number of likely N-dealkylation sites (N-methyl/N-ethyl adjacent to an activating group) is 2. The maximum absolute atomic E-state index is 12.8. The largest absolute Gasteiger partial charge is 0.355 e. The first-order valence-corrected chi connectivity index (χ1v) is 10.0. The predicted octanol–water partition coefficient (Wildman–Crippen LogP) is 2.25. The molecule has 0 bridgehead atoms. The van der Waals surface area contributed by atoms with E-state index in [1.54, 1.807) is 48.2 Å². The molecule has 0 aromatic heterocycles. The molecule has 0 aliphatic heterocycles. The Labute approximate surface area is 175 Å². The normalized spacial score (nSPS) is 13.5. The highest BCUT2D eigenvalue weighted by atomic mass is 16.2. The van der Waals surface area contributed by atoms with Gasteiger partial charge in [-0.25, -0.2) is 0 Å². The van der Waals surface area contributed by atoms with Gasteiger partial charge >= 0.3 is 0 Å².